The van der Waals surface area contributed by atoms with Crippen molar-refractivity contribution in [1.29, 1.82) is 0 Å². The number of para-hydroxylation sites is 2. The summed E-state index contributed by atoms with van der Waals surface area (Å²) in [6, 6.07) is 15.7. The molecule has 21 heavy (non-hydrogen) atoms. The van der Waals surface area contributed by atoms with Gasteiger partial charge in [0, 0.05) is 18.7 Å². The van der Waals surface area contributed by atoms with Crippen LogP contribution in [0.2, 0.25) is 0 Å². The van der Waals surface area contributed by atoms with Crippen molar-refractivity contribution < 1.29 is 9.53 Å². The summed E-state index contributed by atoms with van der Waals surface area (Å²) in [4.78, 5) is 11.1. The van der Waals surface area contributed by atoms with E-state index in [1.54, 1.807) is 7.11 Å². The molecular weight excluding hydrogens is 264 g/mol. The van der Waals surface area contributed by atoms with Crippen molar-refractivity contribution in [3.05, 3.63) is 54.1 Å². The molecule has 1 unspecified atom stereocenters. The first kappa shape index (κ1) is 14.9. The predicted octanol–water partition coefficient (Wildman–Crippen LogP) is 3.83. The number of hydrogen-bond donors (Lipinski definition) is 2. The van der Waals surface area contributed by atoms with Crippen molar-refractivity contribution >= 4 is 17.3 Å². The van der Waals surface area contributed by atoms with Crippen LogP contribution in [0.4, 0.5) is 11.4 Å². The average molecular weight is 284 g/mol. The Morgan fingerprint density at radius 2 is 1.90 bits per heavy atom. The Morgan fingerprint density at radius 3 is 2.62 bits per heavy atom. The molecule has 4 heteroatoms. The van der Waals surface area contributed by atoms with Gasteiger partial charge in [0.2, 0.25) is 5.91 Å². The third-order valence-corrected chi connectivity index (χ3v) is 3.19. The first-order chi connectivity index (χ1) is 10.1. The molecule has 2 aromatic carbocycles. The first-order valence-electron chi connectivity index (χ1n) is 6.87. The maximum absolute atomic E-state index is 11.1. The van der Waals surface area contributed by atoms with E-state index in [0.29, 0.717) is 0 Å². The molecule has 1 amide bonds. The van der Waals surface area contributed by atoms with Crippen LogP contribution in [0.25, 0.3) is 0 Å². The van der Waals surface area contributed by atoms with Gasteiger partial charge in [0.05, 0.1) is 12.8 Å². The minimum absolute atomic E-state index is 0.0718. The monoisotopic (exact) mass is 284 g/mol. The Morgan fingerprint density at radius 1 is 1.14 bits per heavy atom. The highest BCUT2D eigenvalue weighted by molar-refractivity contribution is 5.88. The topological polar surface area (TPSA) is 50.4 Å². The van der Waals surface area contributed by atoms with Crippen LogP contribution in [-0.4, -0.2) is 13.0 Å². The quantitative estimate of drug-likeness (QED) is 0.877. The lowest BCUT2D eigenvalue weighted by Crippen LogP contribution is -2.09. The summed E-state index contributed by atoms with van der Waals surface area (Å²) in [7, 11) is 1.66. The maximum Gasteiger partial charge on any atom is 0.221 e. The Kier molecular flexibility index (Phi) is 4.82. The molecule has 2 rings (SSSR count). The number of rotatable bonds is 5. The van der Waals surface area contributed by atoms with Crippen LogP contribution in [0.5, 0.6) is 5.75 Å². The number of amides is 1. The van der Waals surface area contributed by atoms with E-state index in [-0.39, 0.29) is 11.9 Å². The zero-order valence-electron chi connectivity index (χ0n) is 12.5. The van der Waals surface area contributed by atoms with Crippen molar-refractivity contribution in [2.24, 2.45) is 0 Å². The number of anilines is 2. The summed E-state index contributed by atoms with van der Waals surface area (Å²) >= 11 is 0. The fourth-order valence-corrected chi connectivity index (χ4v) is 2.17. The molecule has 0 bridgehead atoms. The van der Waals surface area contributed by atoms with Crippen molar-refractivity contribution in [2.45, 2.75) is 19.9 Å². The molecule has 2 aromatic rings. The highest BCUT2D eigenvalue weighted by atomic mass is 16.5. The summed E-state index contributed by atoms with van der Waals surface area (Å²) in [5, 5.41) is 6.22. The second kappa shape index (κ2) is 6.79. The standard InChI is InChI=1S/C17H20N2O2/c1-12(18-16-9-4-5-10-17(16)21-3)14-7-6-8-15(11-14)19-13(2)20/h4-12,18H,1-3H3,(H,19,20). The van der Waals surface area contributed by atoms with Gasteiger partial charge >= 0.3 is 0 Å². The van der Waals surface area contributed by atoms with Crippen LogP contribution in [0.1, 0.15) is 25.5 Å². The van der Waals surface area contributed by atoms with Crippen LogP contribution in [0, 0.1) is 0 Å². The fraction of sp³-hybridized carbons (Fsp3) is 0.235. The molecule has 0 spiro atoms. The van der Waals surface area contributed by atoms with Crippen molar-refractivity contribution in [3.63, 3.8) is 0 Å². The minimum atomic E-state index is -0.0718. The zero-order chi connectivity index (χ0) is 15.2. The summed E-state index contributed by atoms with van der Waals surface area (Å²) in [6.45, 7) is 3.57. The predicted molar refractivity (Wildman–Crippen MR) is 85.8 cm³/mol. The SMILES string of the molecule is COc1ccccc1NC(C)c1cccc(NC(C)=O)c1. The highest BCUT2D eigenvalue weighted by Crippen LogP contribution is 2.28. The Balaban J connectivity index is 2.16. The van der Waals surface area contributed by atoms with Gasteiger partial charge in [-0.2, -0.15) is 0 Å². The van der Waals surface area contributed by atoms with Gasteiger partial charge in [-0.05, 0) is 36.8 Å². The van der Waals surface area contributed by atoms with E-state index in [1.807, 2.05) is 48.5 Å². The van der Waals surface area contributed by atoms with Crippen molar-refractivity contribution in [2.75, 3.05) is 17.7 Å². The van der Waals surface area contributed by atoms with Crippen LogP contribution >= 0.6 is 0 Å². The van der Waals surface area contributed by atoms with Gasteiger partial charge in [-0.3, -0.25) is 4.79 Å². The van der Waals surface area contributed by atoms with Crippen molar-refractivity contribution in [3.8, 4) is 5.75 Å². The Labute approximate surface area is 125 Å². The van der Waals surface area contributed by atoms with Gasteiger partial charge in [0.15, 0.2) is 0 Å². The van der Waals surface area contributed by atoms with E-state index in [2.05, 4.69) is 17.6 Å². The molecule has 1 atom stereocenters. The molecular formula is C17H20N2O2. The van der Waals surface area contributed by atoms with E-state index in [1.165, 1.54) is 6.92 Å². The molecule has 0 fully saturated rings. The summed E-state index contributed by atoms with van der Waals surface area (Å²) in [6.07, 6.45) is 0. The lowest BCUT2D eigenvalue weighted by molar-refractivity contribution is -0.114. The molecule has 0 aliphatic rings. The minimum Gasteiger partial charge on any atom is -0.495 e. The summed E-state index contributed by atoms with van der Waals surface area (Å²) in [5.74, 6) is 0.736. The number of methoxy groups -OCH3 is 1. The Hall–Kier alpha value is -2.49. The number of ether oxygens (including phenoxy) is 1. The van der Waals surface area contributed by atoms with E-state index in [4.69, 9.17) is 4.74 Å². The third kappa shape index (κ3) is 3.99. The van der Waals surface area contributed by atoms with E-state index in [9.17, 15) is 4.79 Å². The molecule has 4 nitrogen and oxygen atoms in total. The highest BCUT2D eigenvalue weighted by Gasteiger charge is 2.09. The first-order valence-corrected chi connectivity index (χ1v) is 6.87. The number of hydrogen-bond acceptors (Lipinski definition) is 3. The molecule has 0 heterocycles. The molecule has 0 aromatic heterocycles. The van der Waals surface area contributed by atoms with Crippen LogP contribution in [0.3, 0.4) is 0 Å². The summed E-state index contributed by atoms with van der Waals surface area (Å²) in [5.41, 5.74) is 2.83. The normalized spacial score (nSPS) is 11.6. The molecule has 0 aliphatic carbocycles. The molecule has 110 valence electrons. The number of nitrogens with one attached hydrogen (secondary N) is 2. The molecule has 0 radical (unpaired) electrons. The molecule has 0 saturated carbocycles. The van der Waals surface area contributed by atoms with Gasteiger partial charge in [-0.25, -0.2) is 0 Å². The van der Waals surface area contributed by atoms with Crippen LogP contribution in [-0.2, 0) is 4.79 Å². The van der Waals surface area contributed by atoms with Crippen LogP contribution in [0.15, 0.2) is 48.5 Å². The number of carbonyl (C=O) groups excluding carboxylic acids is 1. The van der Waals surface area contributed by atoms with E-state index >= 15 is 0 Å². The van der Waals surface area contributed by atoms with Gasteiger partial charge in [0.1, 0.15) is 5.75 Å². The largest absolute Gasteiger partial charge is 0.495 e. The lowest BCUT2D eigenvalue weighted by Gasteiger charge is -2.18. The van der Waals surface area contributed by atoms with Gasteiger partial charge in [-0.1, -0.05) is 24.3 Å². The molecule has 0 aliphatic heterocycles. The van der Waals surface area contributed by atoms with Crippen LogP contribution < -0.4 is 15.4 Å². The second-order valence-corrected chi connectivity index (χ2v) is 4.87. The Bertz CT molecular complexity index is 626. The van der Waals surface area contributed by atoms with E-state index < -0.39 is 0 Å². The number of carbonyl (C=O) groups is 1. The summed E-state index contributed by atoms with van der Waals surface area (Å²) < 4.78 is 5.34. The average Bonchev–Trinajstić information content (AvgIpc) is 2.47. The van der Waals surface area contributed by atoms with E-state index in [0.717, 1.165) is 22.7 Å². The second-order valence-electron chi connectivity index (χ2n) is 4.87. The zero-order valence-corrected chi connectivity index (χ0v) is 12.5. The van der Waals surface area contributed by atoms with Gasteiger partial charge in [-0.15, -0.1) is 0 Å². The number of benzene rings is 2. The molecule has 0 saturated heterocycles. The third-order valence-electron chi connectivity index (χ3n) is 3.19. The van der Waals surface area contributed by atoms with Crippen molar-refractivity contribution in [1.82, 2.24) is 0 Å². The lowest BCUT2D eigenvalue weighted by atomic mass is 10.1. The smallest absolute Gasteiger partial charge is 0.221 e. The molecule has 2 N–H and O–H groups in total. The van der Waals surface area contributed by atoms with Gasteiger partial charge < -0.3 is 15.4 Å². The maximum atomic E-state index is 11.1. The van der Waals surface area contributed by atoms with Gasteiger partial charge in [0.25, 0.3) is 0 Å². The fourth-order valence-electron chi connectivity index (χ4n) is 2.17.